The molecule has 0 radical (unpaired) electrons. The van der Waals surface area contributed by atoms with Crippen molar-refractivity contribution >= 4 is 67.0 Å². The predicted molar refractivity (Wildman–Crippen MR) is 450 cm³/mol. The molecule has 0 unspecified atom stereocenters. The Bertz CT molecular complexity index is 776. The van der Waals surface area contributed by atoms with E-state index in [0.717, 1.165) is 118 Å². The van der Waals surface area contributed by atoms with Gasteiger partial charge in [-0.15, -0.1) is 11.8 Å². The van der Waals surface area contributed by atoms with Crippen LogP contribution >= 0.6 is 23.7 Å². The monoisotopic (exact) mass is 1390 g/mol. The van der Waals surface area contributed by atoms with E-state index in [1.54, 1.807) is 42.6 Å². The Labute approximate surface area is 599 Å². The van der Waals surface area contributed by atoms with Crippen molar-refractivity contribution in [2.75, 3.05) is 124 Å². The van der Waals surface area contributed by atoms with Gasteiger partial charge in [0.2, 0.25) is 0 Å². The number of rotatable bonds is 0. The van der Waals surface area contributed by atoms with E-state index in [0.29, 0.717) is 6.79 Å². The van der Waals surface area contributed by atoms with Gasteiger partial charge in [0.25, 0.3) is 0 Å². The average molecular weight is 1390 g/mol. The Morgan fingerprint density at radius 2 is 0.817 bits per heavy atom. The second-order valence-corrected chi connectivity index (χ2v) is 12.4. The number of thioether (sulfide) groups is 1. The first-order chi connectivity index (χ1) is 46.5. The molecule has 4 N–H and O–H groups in total. The SMILES string of the molecule is C1=CNNC1.C1=NCCC1.C1=NCCCN1.C1=NCCN1.C1=NCCO1.C1=NCCS1.C1=NOCC1.C1=NSCC1.C1COCCO1.C1COCOC1.CC.CC.CC.CC.CC.CC.CC.CC.CC.CC.CC.CC.CC.CC.CC.CC.CC.CC.CC.CC. The lowest BCUT2D eigenvalue weighted by Gasteiger charge is -2.09. The molecule has 0 atom stereocenters. The van der Waals surface area contributed by atoms with Crippen LogP contribution in [-0.4, -0.2) is 167 Å². The Balaban J connectivity index is -0.0000000334. The molecule has 17 nitrogen and oxygen atoms in total. The Hall–Kier alpha value is -3.07. The lowest BCUT2D eigenvalue weighted by Crippen LogP contribution is -2.19. The van der Waals surface area contributed by atoms with Crippen LogP contribution in [0.25, 0.3) is 0 Å². The van der Waals surface area contributed by atoms with Crippen LogP contribution in [0.2, 0.25) is 0 Å². The van der Waals surface area contributed by atoms with E-state index in [1.807, 2.05) is 307 Å². The summed E-state index contributed by atoms with van der Waals surface area (Å²) in [7, 11) is 0. The standard InChI is InChI=1S/C4H8N2.C4H7N.2C4H8O2.2C3H6N2.2C3H5NO.2C3H5NS.20C2H6/c1-2-5-4-6-3-1;1-2-4-5-3-1;1-2-6-4-3-5-1;1-2-5-4-6-3-1;1-2-5-3-4-1;1-2-4-5-3-1;1-2-5-3-4-1;1-2-4-5-3-1;1-2-5-3-4-1;1-2-4-5-3-1;20*1-2/h4H,1-3H2,(H,5,6);3H,1-2,4H2;2*1-4H2;3H,1-2H2,(H,4,5);1-2,4-5H,3H2;3H,1-2H2;2H,1,3H2;3H,1-2H2;2H,1,3H2;20*1-2H3. The second kappa shape index (κ2) is 276. The van der Waals surface area contributed by atoms with Gasteiger partial charge in [-0.05, 0) is 50.3 Å². The second-order valence-electron chi connectivity index (χ2n) is 10.6. The number of oxime groups is 1. The van der Waals surface area contributed by atoms with E-state index in [1.165, 1.54) is 43.6 Å². The van der Waals surface area contributed by atoms with Gasteiger partial charge in [-0.1, -0.05) is 288 Å². The fourth-order valence-electron chi connectivity index (χ4n) is 3.47. The summed E-state index contributed by atoms with van der Waals surface area (Å²) in [5.41, 5.74) is 7.56. The molecule has 19 heteroatoms. The minimum Gasteiger partial charge on any atom is -0.482 e. The van der Waals surface area contributed by atoms with Crippen LogP contribution in [0.5, 0.6) is 0 Å². The van der Waals surface area contributed by atoms with Crippen LogP contribution in [0.4, 0.5) is 0 Å². The number of hydrazine groups is 1. The number of hydrogen-bond acceptors (Lipinski definition) is 19. The van der Waals surface area contributed by atoms with Crippen molar-refractivity contribution < 1.29 is 28.5 Å². The summed E-state index contributed by atoms with van der Waals surface area (Å²) >= 11 is 3.43. The van der Waals surface area contributed by atoms with Crippen LogP contribution in [0.15, 0.2) is 46.8 Å². The van der Waals surface area contributed by atoms with Gasteiger partial charge in [-0.2, -0.15) is 0 Å². The van der Waals surface area contributed by atoms with Crippen molar-refractivity contribution in [1.82, 2.24) is 21.5 Å². The molecule has 0 bridgehead atoms. The highest BCUT2D eigenvalue weighted by atomic mass is 32.2. The smallest absolute Gasteiger partial charge is 0.169 e. The fraction of sp³-hybridized carbons (Fsp3) is 0.878. The van der Waals surface area contributed by atoms with Gasteiger partial charge in [-0.3, -0.25) is 25.0 Å². The molecule has 0 amide bonds. The highest BCUT2D eigenvalue weighted by Gasteiger charge is 1.95. The van der Waals surface area contributed by atoms with Gasteiger partial charge in [0.05, 0.1) is 71.0 Å². The molecule has 10 aliphatic heterocycles. The first-order valence-electron chi connectivity index (χ1n) is 38.3. The molecule has 0 aromatic rings. The summed E-state index contributed by atoms with van der Waals surface area (Å²) in [5, 5.41) is 9.38. The molecule has 0 aromatic carbocycles. The van der Waals surface area contributed by atoms with Crippen molar-refractivity contribution in [3.63, 3.8) is 0 Å². The number of hydrogen-bond donors (Lipinski definition) is 4. The maximum atomic E-state index is 4.94. The van der Waals surface area contributed by atoms with Crippen LogP contribution in [0.3, 0.4) is 0 Å². The average Bonchev–Trinajstić information content (AvgIpc) is 4.60. The van der Waals surface area contributed by atoms with Gasteiger partial charge >= 0.3 is 0 Å². The summed E-state index contributed by atoms with van der Waals surface area (Å²) in [4.78, 5) is 23.9. The number of aliphatic imine (C=N–C) groups is 5. The quantitative estimate of drug-likeness (QED) is 0.168. The van der Waals surface area contributed by atoms with Crippen LogP contribution in [0.1, 0.15) is 315 Å². The highest BCUT2D eigenvalue weighted by Crippen LogP contribution is 2.07. The van der Waals surface area contributed by atoms with Crippen molar-refractivity contribution in [3.8, 4) is 0 Å². The first kappa shape index (κ1) is 145. The van der Waals surface area contributed by atoms with Crippen LogP contribution < -0.4 is 21.5 Å². The summed E-state index contributed by atoms with van der Waals surface area (Å²) in [6, 6.07) is 0. The zero-order chi connectivity index (χ0) is 77.5. The van der Waals surface area contributed by atoms with E-state index in [2.05, 4.69) is 65.6 Å². The van der Waals surface area contributed by atoms with Gasteiger partial charge in [0, 0.05) is 75.8 Å². The minimum atomic E-state index is 0.500. The molecule has 10 rings (SSSR count). The summed E-state index contributed by atoms with van der Waals surface area (Å²) in [5.74, 6) is 2.39. The zero-order valence-electron chi connectivity index (χ0n) is 71.3. The Morgan fingerprint density at radius 1 is 0.355 bits per heavy atom. The van der Waals surface area contributed by atoms with Crippen molar-refractivity contribution in [2.24, 2.45) is 34.5 Å². The van der Waals surface area contributed by atoms with Crippen molar-refractivity contribution in [3.05, 3.63) is 12.3 Å². The Kier molecular flexibility index (Phi) is 431. The third-order valence-corrected chi connectivity index (χ3v) is 7.50. The molecule has 10 heterocycles. The van der Waals surface area contributed by atoms with Crippen LogP contribution in [0, 0.1) is 0 Å². The topological polar surface area (TPSA) is 190 Å². The van der Waals surface area contributed by atoms with Gasteiger partial charge < -0.3 is 44.6 Å². The highest BCUT2D eigenvalue weighted by molar-refractivity contribution is 8.12. The van der Waals surface area contributed by atoms with E-state index < -0.39 is 0 Å². The zero-order valence-corrected chi connectivity index (χ0v) is 72.9. The molecule has 0 aliphatic carbocycles. The van der Waals surface area contributed by atoms with E-state index in [-0.39, 0.29) is 0 Å². The maximum Gasteiger partial charge on any atom is 0.169 e. The predicted octanol–water partition coefficient (Wildman–Crippen LogP) is 23.3. The summed E-state index contributed by atoms with van der Waals surface area (Å²) < 4.78 is 28.1. The molecule has 0 aromatic heterocycles. The summed E-state index contributed by atoms with van der Waals surface area (Å²) in [6.07, 6.45) is 21.5. The molecule has 0 saturated carbocycles. The molecular weight excluding hydrogens is 1200 g/mol. The largest absolute Gasteiger partial charge is 0.482 e. The first-order valence-corrected chi connectivity index (χ1v) is 40.3. The third-order valence-electron chi connectivity index (χ3n) is 6.07. The van der Waals surface area contributed by atoms with Crippen molar-refractivity contribution in [1.29, 1.82) is 0 Å². The lowest BCUT2D eigenvalue weighted by molar-refractivity contribution is -0.0963. The third kappa shape index (κ3) is 270. The van der Waals surface area contributed by atoms with E-state index in [9.17, 15) is 0 Å². The summed E-state index contributed by atoms with van der Waals surface area (Å²) in [6.45, 7) is 94.9. The minimum absolute atomic E-state index is 0.500. The normalized spacial score (nSPS) is 13.2. The van der Waals surface area contributed by atoms with Gasteiger partial charge in [0.15, 0.2) is 6.40 Å². The molecule has 0 spiro atoms. The Morgan fingerprint density at radius 3 is 0.925 bits per heavy atom. The molecule has 2 saturated heterocycles. The van der Waals surface area contributed by atoms with Gasteiger partial charge in [0.1, 0.15) is 20.0 Å². The molecule has 2 fully saturated rings. The maximum absolute atomic E-state index is 4.94. The number of nitrogens with one attached hydrogen (secondary N) is 4. The molecule has 582 valence electrons. The number of ether oxygens (including phenoxy) is 5. The number of nitrogens with zero attached hydrogens (tertiary/aromatic N) is 7. The van der Waals surface area contributed by atoms with Gasteiger partial charge in [-0.25, -0.2) is 9.82 Å². The molecule has 10 aliphatic rings. The molecular formula is C74H183N11O6S2. The van der Waals surface area contributed by atoms with E-state index >= 15 is 0 Å². The van der Waals surface area contributed by atoms with E-state index in [4.69, 9.17) is 18.9 Å². The van der Waals surface area contributed by atoms with Crippen LogP contribution in [-0.2, 0) is 28.5 Å². The molecule has 93 heavy (non-hydrogen) atoms. The lowest BCUT2D eigenvalue weighted by atomic mass is 10.4. The fourth-order valence-corrected chi connectivity index (χ4v) is 4.53. The van der Waals surface area contributed by atoms with Crippen molar-refractivity contribution in [2.45, 2.75) is 315 Å².